The van der Waals surface area contributed by atoms with Crippen LogP contribution in [0.4, 0.5) is 11.6 Å². The van der Waals surface area contributed by atoms with Crippen LogP contribution in [0.1, 0.15) is 32.6 Å². The van der Waals surface area contributed by atoms with Gasteiger partial charge in [0.05, 0.1) is 22.9 Å². The third-order valence-electron chi connectivity index (χ3n) is 14.4. The van der Waals surface area contributed by atoms with Crippen molar-refractivity contribution in [2.45, 2.75) is 56.9 Å². The molecule has 0 radical (unpaired) electrons. The first-order valence-electron chi connectivity index (χ1n) is 26.9. The van der Waals surface area contributed by atoms with E-state index in [0.717, 1.165) is 16.8 Å². The van der Waals surface area contributed by atoms with Gasteiger partial charge in [-0.15, -0.1) is 0 Å². The average molecular weight is 1150 g/mol. The third kappa shape index (κ3) is 12.9. The molecule has 0 saturated carbocycles. The van der Waals surface area contributed by atoms with Crippen LogP contribution in [0.15, 0.2) is 98.1 Å². The zero-order valence-corrected chi connectivity index (χ0v) is 47.1. The molecule has 2 aliphatic heterocycles. The third-order valence-corrected chi connectivity index (χ3v) is 17.6. The van der Waals surface area contributed by atoms with Gasteiger partial charge in [-0.05, 0) is 71.0 Å². The number of nitrogens with zero attached hydrogens (tertiary/aromatic N) is 12. The van der Waals surface area contributed by atoms with Crippen molar-refractivity contribution in [1.29, 1.82) is 0 Å². The van der Waals surface area contributed by atoms with E-state index in [1.54, 1.807) is 57.5 Å². The molecule has 0 bridgehead atoms. The molecule has 0 amide bonds. The fraction of sp³-hybridized carbons (Fsp3) is 0.418. The topological polar surface area (TPSA) is 289 Å². The molecule has 6 aromatic heterocycles. The molecule has 2 saturated heterocycles. The predicted octanol–water partition coefficient (Wildman–Crippen LogP) is 4.02. The SMILES string of the molecule is CCS(=O)(=O)n1cc(-c2cc(N(CCS(=O)(=O)n3cc(-c4cc(N(C)C5CCOCC5)nc(-c5cccc(OCC(O)CNC)c5)n4)c4cncnc43)C3CCOCC3)nc(-c3cccc(OCC(O)CNC)c3)n2)c2cncnc21. The number of rotatable bonds is 24. The molecule has 81 heavy (non-hydrogen) atoms. The van der Waals surface area contributed by atoms with Crippen LogP contribution in [0, 0.1) is 0 Å². The van der Waals surface area contributed by atoms with E-state index in [1.165, 1.54) is 35.2 Å². The molecule has 8 heterocycles. The molecule has 24 nitrogen and oxygen atoms in total. The minimum absolute atomic E-state index is 0.0162. The fourth-order valence-electron chi connectivity index (χ4n) is 10.1. The lowest BCUT2D eigenvalue weighted by molar-refractivity contribution is 0.0845. The van der Waals surface area contributed by atoms with Crippen molar-refractivity contribution in [2.24, 2.45) is 0 Å². The Kier molecular flexibility index (Phi) is 17.7. The molecule has 4 N–H and O–H groups in total. The summed E-state index contributed by atoms with van der Waals surface area (Å²) in [4.78, 5) is 41.9. The van der Waals surface area contributed by atoms with E-state index < -0.39 is 38.0 Å². The molecule has 2 aliphatic rings. The van der Waals surface area contributed by atoms with Gasteiger partial charge in [0.25, 0.3) is 0 Å². The van der Waals surface area contributed by atoms with E-state index in [-0.39, 0.29) is 54.7 Å². The minimum atomic E-state index is -4.26. The number of anilines is 2. The molecule has 26 heteroatoms. The van der Waals surface area contributed by atoms with Crippen LogP contribution in [0.5, 0.6) is 11.5 Å². The van der Waals surface area contributed by atoms with E-state index in [0.29, 0.717) is 126 Å². The first kappa shape index (κ1) is 57.0. The summed E-state index contributed by atoms with van der Waals surface area (Å²) < 4.78 is 83.3. The molecule has 2 unspecified atom stereocenters. The minimum Gasteiger partial charge on any atom is -0.491 e. The zero-order valence-electron chi connectivity index (χ0n) is 45.5. The van der Waals surface area contributed by atoms with Crippen LogP contribution in [0.2, 0.25) is 0 Å². The highest BCUT2D eigenvalue weighted by Gasteiger charge is 2.31. The number of aliphatic hydroxyl groups excluding tert-OH is 2. The van der Waals surface area contributed by atoms with Gasteiger partial charge in [0.1, 0.15) is 61.2 Å². The van der Waals surface area contributed by atoms with Crippen molar-refractivity contribution in [3.05, 3.63) is 98.1 Å². The smallest absolute Gasteiger partial charge is 0.241 e. The van der Waals surface area contributed by atoms with Crippen LogP contribution >= 0.6 is 0 Å². The summed E-state index contributed by atoms with van der Waals surface area (Å²) in [6.45, 7) is 4.31. The monoisotopic (exact) mass is 1150 g/mol. The largest absolute Gasteiger partial charge is 0.491 e. The summed E-state index contributed by atoms with van der Waals surface area (Å²) in [5, 5.41) is 27.6. The Morgan fingerprint density at radius 3 is 1.65 bits per heavy atom. The molecule has 8 aromatic rings. The number of aliphatic hydroxyl groups is 2. The Balaban J connectivity index is 1.05. The molecule has 2 fully saturated rings. The Morgan fingerprint density at radius 1 is 0.667 bits per heavy atom. The first-order valence-corrected chi connectivity index (χ1v) is 30.1. The Labute approximate surface area is 469 Å². The summed E-state index contributed by atoms with van der Waals surface area (Å²) in [5.74, 6) is 1.95. The van der Waals surface area contributed by atoms with Crippen LogP contribution < -0.4 is 29.9 Å². The van der Waals surface area contributed by atoms with Crippen molar-refractivity contribution in [1.82, 2.24) is 58.5 Å². The molecular formula is C55H66N14O10S2. The summed E-state index contributed by atoms with van der Waals surface area (Å²) in [7, 11) is -2.64. The maximum absolute atomic E-state index is 15.2. The average Bonchev–Trinajstić information content (AvgIpc) is 4.25. The normalized spacial score (nSPS) is 15.5. The fourth-order valence-corrected chi connectivity index (χ4v) is 12.3. The molecule has 2 aromatic carbocycles. The number of ether oxygens (including phenoxy) is 4. The zero-order chi connectivity index (χ0) is 56.7. The molecule has 0 spiro atoms. The van der Waals surface area contributed by atoms with E-state index >= 15 is 8.42 Å². The van der Waals surface area contributed by atoms with Gasteiger partial charge in [-0.2, -0.15) is 0 Å². The van der Waals surface area contributed by atoms with Crippen LogP contribution in [0.25, 0.3) is 67.4 Å². The Morgan fingerprint density at radius 2 is 1.15 bits per heavy atom. The summed E-state index contributed by atoms with van der Waals surface area (Å²) in [6.07, 6.45) is 9.89. The predicted molar refractivity (Wildman–Crippen MR) is 306 cm³/mol. The highest BCUT2D eigenvalue weighted by atomic mass is 32.2. The first-order chi connectivity index (χ1) is 39.2. The number of nitrogens with one attached hydrogen (secondary N) is 2. The van der Waals surface area contributed by atoms with Crippen molar-refractivity contribution in [2.75, 3.05) is 102 Å². The molecule has 10 rings (SSSR count). The van der Waals surface area contributed by atoms with Crippen molar-refractivity contribution < 1.29 is 46.0 Å². The maximum atomic E-state index is 15.2. The second-order valence-corrected chi connectivity index (χ2v) is 24.0. The number of benzene rings is 2. The quantitative estimate of drug-likeness (QED) is 0.0664. The van der Waals surface area contributed by atoms with Crippen LogP contribution in [-0.4, -0.2) is 191 Å². The lowest BCUT2D eigenvalue weighted by atomic mass is 10.1. The lowest BCUT2D eigenvalue weighted by Crippen LogP contribution is -2.43. The Hall–Kier alpha value is -7.30. The number of hydrogen-bond acceptors (Lipinski definition) is 22. The van der Waals surface area contributed by atoms with E-state index in [4.69, 9.17) is 38.9 Å². The Bertz CT molecular complexity index is 3710. The number of aromatic nitrogens is 10. The molecule has 428 valence electrons. The van der Waals surface area contributed by atoms with E-state index in [9.17, 15) is 18.6 Å². The van der Waals surface area contributed by atoms with Gasteiger partial charge in [0, 0.05) is 135 Å². The second kappa shape index (κ2) is 25.2. The molecule has 0 aliphatic carbocycles. The standard InChI is InChI=1S/C55H66N14O10S2/c1-5-80(72,73)68-30-46(44-28-58-34-60-54(44)68)49-25-51(65-53(63-49)37-9-7-11-43(23-37)79-33-41(71)27-57-3)67(39-14-19-77-20-15-39)16-21-81(74,75)69-31-47(45-29-59-35-61-55(45)69)48-24-50(66(4)38-12-17-76-18-13-38)64-52(62-48)36-8-6-10-42(22-36)78-32-40(70)26-56-2/h6-11,22-25,28-31,34-35,38-41,56-57,70-71H,5,12-21,26-27,32-33H2,1-4H3. The van der Waals surface area contributed by atoms with Crippen LogP contribution in [0.3, 0.4) is 0 Å². The van der Waals surface area contributed by atoms with E-state index in [2.05, 4.69) is 35.5 Å². The van der Waals surface area contributed by atoms with E-state index in [1.807, 2.05) is 42.3 Å². The van der Waals surface area contributed by atoms with Crippen molar-refractivity contribution in [3.8, 4) is 56.8 Å². The molecule has 2 atom stereocenters. The number of likely N-dealkylation sites (N-methyl/N-ethyl adjacent to an activating group) is 2. The number of fused-ring (bicyclic) bond motifs is 2. The summed E-state index contributed by atoms with van der Waals surface area (Å²) in [5.41, 5.74) is 3.16. The van der Waals surface area contributed by atoms with Gasteiger partial charge < -0.3 is 49.6 Å². The van der Waals surface area contributed by atoms with Gasteiger partial charge in [0.2, 0.25) is 20.0 Å². The van der Waals surface area contributed by atoms with Gasteiger partial charge in [-0.1, -0.05) is 24.3 Å². The summed E-state index contributed by atoms with van der Waals surface area (Å²) in [6, 6.07) is 17.8. The summed E-state index contributed by atoms with van der Waals surface area (Å²) >= 11 is 0. The van der Waals surface area contributed by atoms with Crippen LogP contribution in [-0.2, 0) is 29.5 Å². The van der Waals surface area contributed by atoms with Crippen molar-refractivity contribution in [3.63, 3.8) is 0 Å². The van der Waals surface area contributed by atoms with Gasteiger partial charge in [0.15, 0.2) is 22.9 Å². The lowest BCUT2D eigenvalue weighted by Gasteiger charge is -2.35. The van der Waals surface area contributed by atoms with Crippen molar-refractivity contribution >= 4 is 53.7 Å². The number of hydrogen-bond donors (Lipinski definition) is 4. The molecular weight excluding hydrogens is 1080 g/mol. The second-order valence-electron chi connectivity index (χ2n) is 19.9. The van der Waals surface area contributed by atoms with Gasteiger partial charge >= 0.3 is 0 Å². The highest BCUT2D eigenvalue weighted by molar-refractivity contribution is 7.90. The van der Waals surface area contributed by atoms with Gasteiger partial charge in [-0.3, -0.25) is 0 Å². The van der Waals surface area contributed by atoms with Gasteiger partial charge in [-0.25, -0.2) is 64.7 Å². The highest BCUT2D eigenvalue weighted by Crippen LogP contribution is 2.37. The maximum Gasteiger partial charge on any atom is 0.241 e.